The highest BCUT2D eigenvalue weighted by atomic mass is 19.1. The lowest BCUT2D eigenvalue weighted by molar-refractivity contribution is -0.0355. The molecule has 1 saturated carbocycles. The summed E-state index contributed by atoms with van der Waals surface area (Å²) in [5, 5.41) is 6.65. The smallest absolute Gasteiger partial charge is 0.319 e. The number of carbonyl (C=O) groups excluding carboxylic acids is 1. The molecule has 154 valence electrons. The molecule has 2 aromatic carbocycles. The van der Waals surface area contributed by atoms with Crippen molar-refractivity contribution in [3.8, 4) is 5.75 Å². The Balaban J connectivity index is 1.42. The van der Waals surface area contributed by atoms with Gasteiger partial charge in [-0.2, -0.15) is 0 Å². The van der Waals surface area contributed by atoms with Crippen LogP contribution in [0.4, 0.5) is 14.9 Å². The number of hydrogen-bond donors (Lipinski definition) is 2. The van der Waals surface area contributed by atoms with E-state index in [4.69, 9.17) is 4.74 Å². The summed E-state index contributed by atoms with van der Waals surface area (Å²) in [5.74, 6) is 0.275. The van der Waals surface area contributed by atoms with Crippen LogP contribution in [0, 0.1) is 5.82 Å². The molecule has 0 bridgehead atoms. The predicted molar refractivity (Wildman–Crippen MR) is 112 cm³/mol. The molecule has 2 N–H and O–H groups in total. The van der Waals surface area contributed by atoms with Crippen LogP contribution in [0.3, 0.4) is 0 Å². The van der Waals surface area contributed by atoms with Crippen LogP contribution in [-0.4, -0.2) is 16.2 Å². The number of halogens is 1. The number of pyridine rings is 1. The molecule has 7 heteroatoms. The van der Waals surface area contributed by atoms with Crippen LogP contribution in [-0.2, 0) is 7.05 Å². The van der Waals surface area contributed by atoms with E-state index >= 15 is 0 Å². The number of ether oxygens (including phenoxy) is 1. The van der Waals surface area contributed by atoms with Gasteiger partial charge < -0.3 is 19.9 Å². The van der Waals surface area contributed by atoms with Crippen molar-refractivity contribution in [2.45, 2.75) is 37.3 Å². The third-order valence-corrected chi connectivity index (χ3v) is 6.24. The van der Waals surface area contributed by atoms with Crippen molar-refractivity contribution >= 4 is 22.6 Å². The number of fused-ring (bicyclic) bond motifs is 2. The highest BCUT2D eigenvalue weighted by molar-refractivity contribution is 6.00. The van der Waals surface area contributed by atoms with Gasteiger partial charge in [0.25, 0.3) is 5.56 Å². The summed E-state index contributed by atoms with van der Waals surface area (Å²) in [5.41, 5.74) is 1.59. The Kier molecular flexibility index (Phi) is 4.27. The van der Waals surface area contributed by atoms with E-state index in [0.29, 0.717) is 23.4 Å². The van der Waals surface area contributed by atoms with Crippen molar-refractivity contribution in [1.29, 1.82) is 0 Å². The maximum atomic E-state index is 13.9. The summed E-state index contributed by atoms with van der Waals surface area (Å²) < 4.78 is 21.6. The lowest BCUT2D eigenvalue weighted by Gasteiger charge is -2.48. The topological polar surface area (TPSA) is 72.4 Å². The fourth-order valence-corrected chi connectivity index (χ4v) is 4.48. The molecular weight excluding hydrogens is 385 g/mol. The van der Waals surface area contributed by atoms with Crippen LogP contribution in [0.15, 0.2) is 53.3 Å². The fourth-order valence-electron chi connectivity index (χ4n) is 4.48. The Morgan fingerprint density at radius 2 is 2.03 bits per heavy atom. The van der Waals surface area contributed by atoms with Crippen LogP contribution >= 0.6 is 0 Å². The molecule has 1 aliphatic heterocycles. The van der Waals surface area contributed by atoms with E-state index in [1.165, 1.54) is 22.8 Å². The number of carbonyl (C=O) groups is 1. The van der Waals surface area contributed by atoms with Crippen molar-refractivity contribution in [2.24, 2.45) is 7.05 Å². The second-order valence-electron chi connectivity index (χ2n) is 8.14. The van der Waals surface area contributed by atoms with Gasteiger partial charge >= 0.3 is 6.03 Å². The van der Waals surface area contributed by atoms with Crippen molar-refractivity contribution in [1.82, 2.24) is 9.88 Å². The van der Waals surface area contributed by atoms with Gasteiger partial charge in [-0.1, -0.05) is 6.07 Å². The Bertz CT molecular complexity index is 1220. The predicted octanol–water partition coefficient (Wildman–Crippen LogP) is 4.25. The molecule has 0 saturated heterocycles. The fraction of sp³-hybridized carbons (Fsp3) is 0.304. The normalized spacial score (nSPS) is 18.9. The quantitative estimate of drug-likeness (QED) is 0.667. The maximum Gasteiger partial charge on any atom is 0.319 e. The van der Waals surface area contributed by atoms with E-state index in [2.05, 4.69) is 10.6 Å². The van der Waals surface area contributed by atoms with Gasteiger partial charge in [-0.3, -0.25) is 4.79 Å². The van der Waals surface area contributed by atoms with Crippen molar-refractivity contribution < 1.29 is 13.9 Å². The van der Waals surface area contributed by atoms with Gasteiger partial charge in [0.05, 0.1) is 17.2 Å². The molecule has 0 radical (unpaired) electrons. The lowest BCUT2D eigenvalue weighted by Crippen LogP contribution is -2.50. The van der Waals surface area contributed by atoms with E-state index in [1.54, 1.807) is 31.3 Å². The first-order chi connectivity index (χ1) is 14.4. The average Bonchev–Trinajstić information content (AvgIpc) is 2.70. The molecule has 2 aliphatic rings. The summed E-state index contributed by atoms with van der Waals surface area (Å²) in [6, 6.07) is 12.3. The Hall–Kier alpha value is -3.35. The number of anilines is 1. The summed E-state index contributed by atoms with van der Waals surface area (Å²) in [7, 11) is 1.69. The summed E-state index contributed by atoms with van der Waals surface area (Å²) in [4.78, 5) is 24.8. The van der Waals surface area contributed by atoms with E-state index in [9.17, 15) is 14.0 Å². The van der Waals surface area contributed by atoms with Crippen molar-refractivity contribution in [2.75, 3.05) is 5.32 Å². The first-order valence-corrected chi connectivity index (χ1v) is 10.1. The van der Waals surface area contributed by atoms with Gasteiger partial charge in [-0.25, -0.2) is 9.18 Å². The van der Waals surface area contributed by atoms with E-state index in [-0.39, 0.29) is 29.1 Å². The first kappa shape index (κ1) is 18.7. The number of aryl methyl sites for hydroxylation is 1. The van der Waals surface area contributed by atoms with Crippen LogP contribution in [0.5, 0.6) is 5.75 Å². The number of aromatic nitrogens is 1. The number of amides is 2. The zero-order chi connectivity index (χ0) is 20.9. The number of hydrogen-bond acceptors (Lipinski definition) is 3. The molecule has 30 heavy (non-hydrogen) atoms. The molecule has 1 fully saturated rings. The van der Waals surface area contributed by atoms with E-state index in [1.807, 2.05) is 6.07 Å². The number of benzene rings is 2. The third-order valence-electron chi connectivity index (χ3n) is 6.24. The minimum Gasteiger partial charge on any atom is -0.487 e. The highest BCUT2D eigenvalue weighted by Gasteiger charge is 2.46. The van der Waals surface area contributed by atoms with Gasteiger partial charge in [-0.05, 0) is 55.7 Å². The second kappa shape index (κ2) is 6.86. The highest BCUT2D eigenvalue weighted by Crippen LogP contribution is 2.48. The molecule has 3 aromatic rings. The minimum atomic E-state index is -0.382. The molecule has 2 heterocycles. The molecule has 1 aliphatic carbocycles. The minimum absolute atomic E-state index is 0.115. The summed E-state index contributed by atoms with van der Waals surface area (Å²) in [6.07, 6.45) is 3.56. The van der Waals surface area contributed by atoms with Gasteiger partial charge in [0.15, 0.2) is 0 Å². The second-order valence-corrected chi connectivity index (χ2v) is 8.14. The lowest BCUT2D eigenvalue weighted by atomic mass is 9.73. The number of nitrogens with one attached hydrogen (secondary N) is 2. The Morgan fingerprint density at radius 3 is 2.80 bits per heavy atom. The summed E-state index contributed by atoms with van der Waals surface area (Å²) in [6.45, 7) is 0. The van der Waals surface area contributed by atoms with E-state index < -0.39 is 0 Å². The first-order valence-electron chi connectivity index (χ1n) is 10.1. The Morgan fingerprint density at radius 1 is 1.20 bits per heavy atom. The number of nitrogens with zero attached hydrogens (tertiary/aromatic N) is 1. The Labute approximate surface area is 172 Å². The molecule has 1 aromatic heterocycles. The number of rotatable bonds is 2. The largest absolute Gasteiger partial charge is 0.487 e. The van der Waals surface area contributed by atoms with Crippen LogP contribution in [0.1, 0.15) is 37.3 Å². The van der Waals surface area contributed by atoms with Crippen molar-refractivity contribution in [3.63, 3.8) is 0 Å². The standard InChI is InChI=1S/C23H22FN3O3/c1-27-19-5-2-4-17(15(19)7-9-21(27)28)25-22(29)26-18-13-23(10-3-11-23)30-20-8-6-14(24)12-16(18)20/h2,4-9,12,18H,3,10-11,13H2,1H3,(H2,25,26,29)/t18-/m1/s1. The van der Waals surface area contributed by atoms with Crippen molar-refractivity contribution in [3.05, 3.63) is 70.3 Å². The van der Waals surface area contributed by atoms with Crippen LogP contribution in [0.2, 0.25) is 0 Å². The van der Waals surface area contributed by atoms with Gasteiger partial charge in [0, 0.05) is 30.5 Å². The average molecular weight is 407 g/mol. The molecule has 6 nitrogen and oxygen atoms in total. The zero-order valence-electron chi connectivity index (χ0n) is 16.6. The maximum absolute atomic E-state index is 13.9. The molecule has 1 spiro atoms. The molecule has 2 amide bonds. The number of urea groups is 1. The zero-order valence-corrected chi connectivity index (χ0v) is 16.6. The molecular formula is C23H22FN3O3. The van der Waals surface area contributed by atoms with Gasteiger partial charge in [0.2, 0.25) is 0 Å². The summed E-state index contributed by atoms with van der Waals surface area (Å²) >= 11 is 0. The van der Waals surface area contributed by atoms with Gasteiger partial charge in [-0.15, -0.1) is 0 Å². The molecule has 5 rings (SSSR count). The van der Waals surface area contributed by atoms with Gasteiger partial charge in [0.1, 0.15) is 17.2 Å². The molecule has 0 unspecified atom stereocenters. The molecule has 1 atom stereocenters. The van der Waals surface area contributed by atoms with E-state index in [0.717, 1.165) is 30.2 Å². The third kappa shape index (κ3) is 3.10. The monoisotopic (exact) mass is 407 g/mol. The van der Waals surface area contributed by atoms with Crippen LogP contribution < -0.4 is 20.9 Å². The van der Waals surface area contributed by atoms with Crippen LogP contribution in [0.25, 0.3) is 10.9 Å². The SMILES string of the molecule is Cn1c(=O)ccc2c(NC(=O)N[C@@H]3CC4(CCC4)Oc4ccc(F)cc43)cccc21.